The van der Waals surface area contributed by atoms with E-state index in [1.165, 1.54) is 18.7 Å². The van der Waals surface area contributed by atoms with Crippen LogP contribution in [0, 0.1) is 0 Å². The molecule has 0 N–H and O–H groups in total. The summed E-state index contributed by atoms with van der Waals surface area (Å²) in [5.74, 6) is 0.141. The van der Waals surface area contributed by atoms with Crippen molar-refractivity contribution < 1.29 is 23.9 Å². The number of alkyl halides is 1. The molecule has 0 fully saturated rings. The van der Waals surface area contributed by atoms with Gasteiger partial charge in [0.2, 0.25) is 0 Å². The summed E-state index contributed by atoms with van der Waals surface area (Å²) in [6.45, 7) is 8.65. The van der Waals surface area contributed by atoms with Gasteiger partial charge in [0, 0.05) is 43.1 Å². The van der Waals surface area contributed by atoms with Gasteiger partial charge in [-0.2, -0.15) is 0 Å². The molecule has 1 aliphatic heterocycles. The number of halogens is 1. The molecular formula is C23H26ClNO5. The van der Waals surface area contributed by atoms with Gasteiger partial charge in [0.25, 0.3) is 0 Å². The lowest BCUT2D eigenvalue weighted by atomic mass is 9.93. The highest BCUT2D eigenvalue weighted by Crippen LogP contribution is 2.46. The zero-order valence-electron chi connectivity index (χ0n) is 17.9. The molecule has 7 heteroatoms. The number of hydrogen-bond acceptors (Lipinski definition) is 5. The standard InChI is InChI=1S/C23H26ClNO5/c1-13(26)8-15-6-7-17-18(9-15)21-16(11-24)12-25(22(28)30-23(3,4)5)19(21)10-20(17)29-14(2)27/h6-7,9-10,16H,8,11-12H2,1-5H3/t16-/m0/s1. The smallest absolute Gasteiger partial charge is 0.414 e. The van der Waals surface area contributed by atoms with Crippen LogP contribution in [0.1, 0.15) is 51.7 Å². The summed E-state index contributed by atoms with van der Waals surface area (Å²) in [5.41, 5.74) is 1.70. The highest BCUT2D eigenvalue weighted by molar-refractivity contribution is 6.19. The van der Waals surface area contributed by atoms with Crippen LogP contribution in [0.2, 0.25) is 0 Å². The lowest BCUT2D eigenvalue weighted by Crippen LogP contribution is -2.36. The Morgan fingerprint density at radius 1 is 1.13 bits per heavy atom. The number of benzene rings is 2. The van der Waals surface area contributed by atoms with Gasteiger partial charge in [0.15, 0.2) is 0 Å². The predicted octanol–water partition coefficient (Wildman–Crippen LogP) is 4.97. The summed E-state index contributed by atoms with van der Waals surface area (Å²) in [6.07, 6.45) is -0.187. The van der Waals surface area contributed by atoms with E-state index in [0.717, 1.165) is 21.9 Å². The van der Waals surface area contributed by atoms with Crippen LogP contribution in [-0.2, 0) is 20.7 Å². The van der Waals surface area contributed by atoms with Gasteiger partial charge in [-0.15, -0.1) is 11.6 Å². The fourth-order valence-corrected chi connectivity index (χ4v) is 4.01. The highest BCUT2D eigenvalue weighted by atomic mass is 35.5. The quantitative estimate of drug-likeness (QED) is 0.388. The van der Waals surface area contributed by atoms with Gasteiger partial charge < -0.3 is 9.47 Å². The Labute approximate surface area is 181 Å². The predicted molar refractivity (Wildman–Crippen MR) is 117 cm³/mol. The molecule has 2 aromatic rings. The number of nitrogens with zero attached hydrogens (tertiary/aromatic N) is 1. The number of amides is 1. The Morgan fingerprint density at radius 2 is 1.83 bits per heavy atom. The first-order valence-electron chi connectivity index (χ1n) is 9.84. The Morgan fingerprint density at radius 3 is 2.40 bits per heavy atom. The number of ketones is 1. The third-order valence-electron chi connectivity index (χ3n) is 4.79. The van der Waals surface area contributed by atoms with Crippen LogP contribution in [0.3, 0.4) is 0 Å². The van der Waals surface area contributed by atoms with E-state index in [1.54, 1.807) is 26.8 Å². The van der Waals surface area contributed by atoms with Crippen molar-refractivity contribution >= 4 is 45.9 Å². The molecule has 6 nitrogen and oxygen atoms in total. The van der Waals surface area contributed by atoms with Crippen molar-refractivity contribution in [1.82, 2.24) is 0 Å². The molecule has 0 unspecified atom stereocenters. The molecular weight excluding hydrogens is 406 g/mol. The van der Waals surface area contributed by atoms with Crippen LogP contribution in [0.5, 0.6) is 5.75 Å². The van der Waals surface area contributed by atoms with E-state index in [0.29, 0.717) is 30.3 Å². The van der Waals surface area contributed by atoms with Crippen LogP contribution in [0.4, 0.5) is 10.5 Å². The van der Waals surface area contributed by atoms with Crippen LogP contribution in [-0.4, -0.2) is 35.9 Å². The molecule has 1 amide bonds. The van der Waals surface area contributed by atoms with Gasteiger partial charge in [0.1, 0.15) is 17.1 Å². The third kappa shape index (κ3) is 4.59. The summed E-state index contributed by atoms with van der Waals surface area (Å²) in [6, 6.07) is 7.30. The summed E-state index contributed by atoms with van der Waals surface area (Å²) < 4.78 is 11.0. The molecule has 3 rings (SSSR count). The lowest BCUT2D eigenvalue weighted by molar-refractivity contribution is -0.131. The Hall–Kier alpha value is -2.60. The molecule has 1 atom stereocenters. The molecule has 0 saturated carbocycles. The van der Waals surface area contributed by atoms with E-state index < -0.39 is 17.7 Å². The minimum absolute atomic E-state index is 0.0476. The minimum Gasteiger partial charge on any atom is -0.443 e. The normalized spacial score (nSPS) is 15.8. The van der Waals surface area contributed by atoms with Gasteiger partial charge in [0.05, 0.1) is 5.69 Å². The van der Waals surface area contributed by atoms with E-state index in [2.05, 4.69) is 0 Å². The number of esters is 1. The summed E-state index contributed by atoms with van der Waals surface area (Å²) in [4.78, 5) is 37.7. The van der Waals surface area contributed by atoms with Crippen molar-refractivity contribution in [3.8, 4) is 5.75 Å². The van der Waals surface area contributed by atoms with Gasteiger partial charge in [-0.25, -0.2) is 4.79 Å². The maximum atomic E-state index is 12.9. The molecule has 0 spiro atoms. The van der Waals surface area contributed by atoms with E-state index in [1.807, 2.05) is 18.2 Å². The largest absolute Gasteiger partial charge is 0.443 e. The summed E-state index contributed by atoms with van der Waals surface area (Å²) in [7, 11) is 0. The van der Waals surface area contributed by atoms with Gasteiger partial charge in [-0.3, -0.25) is 14.5 Å². The number of hydrogen-bond donors (Lipinski definition) is 0. The first-order valence-corrected chi connectivity index (χ1v) is 10.4. The lowest BCUT2D eigenvalue weighted by Gasteiger charge is -2.25. The SMILES string of the molecule is CC(=O)Cc1ccc2c(OC(C)=O)cc3c(c2c1)[C@@H](CCl)CN3C(=O)OC(C)(C)C. The molecule has 0 bridgehead atoms. The number of Topliss-reactive ketones (excluding diaryl/α,β-unsaturated/α-hetero) is 1. The monoisotopic (exact) mass is 431 g/mol. The van der Waals surface area contributed by atoms with E-state index in [4.69, 9.17) is 21.1 Å². The van der Waals surface area contributed by atoms with Gasteiger partial charge in [-0.05, 0) is 44.2 Å². The second-order valence-electron chi connectivity index (χ2n) is 8.60. The molecule has 1 aliphatic rings. The first kappa shape index (κ1) is 22.1. The summed E-state index contributed by atoms with van der Waals surface area (Å²) >= 11 is 6.27. The number of carbonyl (C=O) groups excluding carboxylic acids is 3. The van der Waals surface area contributed by atoms with E-state index >= 15 is 0 Å². The molecule has 30 heavy (non-hydrogen) atoms. The molecule has 0 radical (unpaired) electrons. The van der Waals surface area contributed by atoms with Crippen molar-refractivity contribution in [2.24, 2.45) is 0 Å². The molecule has 0 saturated heterocycles. The zero-order chi connectivity index (χ0) is 22.2. The second-order valence-corrected chi connectivity index (χ2v) is 8.91. The number of ether oxygens (including phenoxy) is 2. The molecule has 0 aromatic heterocycles. The van der Waals surface area contributed by atoms with Crippen molar-refractivity contribution in [2.75, 3.05) is 17.3 Å². The maximum absolute atomic E-state index is 12.9. The number of fused-ring (bicyclic) bond motifs is 3. The van der Waals surface area contributed by atoms with Crippen molar-refractivity contribution in [3.05, 3.63) is 35.4 Å². The maximum Gasteiger partial charge on any atom is 0.414 e. The molecule has 160 valence electrons. The third-order valence-corrected chi connectivity index (χ3v) is 5.16. The Kier molecular flexibility index (Phi) is 6.09. The van der Waals surface area contributed by atoms with Crippen LogP contribution >= 0.6 is 11.6 Å². The van der Waals surface area contributed by atoms with Crippen molar-refractivity contribution in [1.29, 1.82) is 0 Å². The highest BCUT2D eigenvalue weighted by Gasteiger charge is 2.37. The van der Waals surface area contributed by atoms with E-state index in [9.17, 15) is 14.4 Å². The second kappa shape index (κ2) is 8.26. The zero-order valence-corrected chi connectivity index (χ0v) is 18.6. The summed E-state index contributed by atoms with van der Waals surface area (Å²) in [5, 5.41) is 1.55. The van der Waals surface area contributed by atoms with E-state index in [-0.39, 0.29) is 11.7 Å². The number of rotatable bonds is 4. The first-order chi connectivity index (χ1) is 14.0. The molecule has 0 aliphatic carbocycles. The molecule has 1 heterocycles. The topological polar surface area (TPSA) is 72.9 Å². The van der Waals surface area contributed by atoms with Crippen LogP contribution < -0.4 is 9.64 Å². The number of carbonyl (C=O) groups is 3. The number of anilines is 1. The Bertz CT molecular complexity index is 1020. The van der Waals surface area contributed by atoms with Crippen molar-refractivity contribution in [2.45, 2.75) is 52.6 Å². The minimum atomic E-state index is -0.652. The van der Waals surface area contributed by atoms with Gasteiger partial charge in [-0.1, -0.05) is 18.2 Å². The van der Waals surface area contributed by atoms with Gasteiger partial charge >= 0.3 is 12.1 Å². The fourth-order valence-electron chi connectivity index (χ4n) is 3.76. The van der Waals surface area contributed by atoms with Crippen molar-refractivity contribution in [3.63, 3.8) is 0 Å². The van der Waals surface area contributed by atoms with Crippen LogP contribution in [0.15, 0.2) is 24.3 Å². The fraction of sp³-hybridized carbons (Fsp3) is 0.435. The van der Waals surface area contributed by atoms with Crippen LogP contribution in [0.25, 0.3) is 10.8 Å². The average Bonchev–Trinajstić information content (AvgIpc) is 2.98. The average molecular weight is 432 g/mol. The molecule has 2 aromatic carbocycles. The Balaban J connectivity index is 2.23.